The Morgan fingerprint density at radius 2 is 2.00 bits per heavy atom. The molecule has 0 saturated carbocycles. The van der Waals surface area contributed by atoms with Gasteiger partial charge in [-0.05, 0) is 30.3 Å². The molecule has 0 bridgehead atoms. The summed E-state index contributed by atoms with van der Waals surface area (Å²) in [6.45, 7) is 0. The van der Waals surface area contributed by atoms with Gasteiger partial charge in [0.05, 0.1) is 16.8 Å². The third-order valence-electron chi connectivity index (χ3n) is 2.77. The molecule has 0 unspecified atom stereocenters. The van der Waals surface area contributed by atoms with E-state index in [1.807, 2.05) is 6.07 Å². The molecule has 1 N–H and O–H groups in total. The average molecular weight is 257 g/mol. The van der Waals surface area contributed by atoms with Crippen LogP contribution in [0.15, 0.2) is 42.5 Å². The van der Waals surface area contributed by atoms with E-state index >= 15 is 0 Å². The number of rotatable bonds is 2. The summed E-state index contributed by atoms with van der Waals surface area (Å²) >= 11 is 0. The number of aromatic carboxylic acids is 1. The van der Waals surface area contributed by atoms with Crippen LogP contribution in [0.25, 0.3) is 16.7 Å². The molecule has 0 aliphatic rings. The molecule has 0 aliphatic heterocycles. The van der Waals surface area contributed by atoms with Crippen LogP contribution >= 0.6 is 0 Å². The van der Waals surface area contributed by atoms with Gasteiger partial charge in [-0.15, -0.1) is 5.10 Å². The lowest BCUT2D eigenvalue weighted by Gasteiger charge is -2.06. The number of halogens is 1. The number of aromatic nitrogens is 3. The molecule has 5 nitrogen and oxygen atoms in total. The van der Waals surface area contributed by atoms with Gasteiger partial charge in [0.1, 0.15) is 11.3 Å². The zero-order valence-corrected chi connectivity index (χ0v) is 9.62. The third kappa shape index (κ3) is 1.83. The maximum Gasteiger partial charge on any atom is 0.338 e. The molecule has 3 aromatic rings. The van der Waals surface area contributed by atoms with Crippen molar-refractivity contribution in [3.05, 3.63) is 53.8 Å². The lowest BCUT2D eigenvalue weighted by Crippen LogP contribution is -2.07. The summed E-state index contributed by atoms with van der Waals surface area (Å²) in [6.07, 6.45) is 0. The minimum absolute atomic E-state index is 0.157. The average Bonchev–Trinajstić information content (AvgIpc) is 2.82. The molecule has 0 fully saturated rings. The minimum atomic E-state index is -1.21. The SMILES string of the molecule is O=C(O)c1cc(F)ccc1-n1nnc2ccccc21. The summed E-state index contributed by atoms with van der Waals surface area (Å²) < 4.78 is 14.5. The van der Waals surface area contributed by atoms with Crippen LogP contribution < -0.4 is 0 Å². The third-order valence-corrected chi connectivity index (χ3v) is 2.77. The first kappa shape index (κ1) is 11.3. The number of para-hydroxylation sites is 1. The number of nitrogens with zero attached hydrogens (tertiary/aromatic N) is 3. The first-order valence-electron chi connectivity index (χ1n) is 5.50. The first-order chi connectivity index (χ1) is 9.16. The first-order valence-corrected chi connectivity index (χ1v) is 5.50. The second kappa shape index (κ2) is 4.16. The summed E-state index contributed by atoms with van der Waals surface area (Å²) in [5.74, 6) is -1.82. The van der Waals surface area contributed by atoms with Gasteiger partial charge in [0.25, 0.3) is 0 Å². The molecule has 2 aromatic carbocycles. The van der Waals surface area contributed by atoms with Gasteiger partial charge in [-0.25, -0.2) is 13.9 Å². The molecule has 0 spiro atoms. The van der Waals surface area contributed by atoms with Crippen molar-refractivity contribution in [3.8, 4) is 5.69 Å². The fourth-order valence-corrected chi connectivity index (χ4v) is 1.91. The van der Waals surface area contributed by atoms with Crippen molar-refractivity contribution in [2.75, 3.05) is 0 Å². The van der Waals surface area contributed by atoms with Crippen LogP contribution in [0.4, 0.5) is 4.39 Å². The van der Waals surface area contributed by atoms with E-state index in [0.717, 1.165) is 6.07 Å². The number of fused-ring (bicyclic) bond motifs is 1. The van der Waals surface area contributed by atoms with Crippen LogP contribution in [0.5, 0.6) is 0 Å². The summed E-state index contributed by atoms with van der Waals surface area (Å²) in [5, 5.41) is 17.0. The highest BCUT2D eigenvalue weighted by Gasteiger charge is 2.15. The Kier molecular flexibility index (Phi) is 2.49. The summed E-state index contributed by atoms with van der Waals surface area (Å²) in [6, 6.07) is 10.7. The molecule has 0 saturated heterocycles. The number of hydrogen-bond donors (Lipinski definition) is 1. The molecule has 19 heavy (non-hydrogen) atoms. The highest BCUT2D eigenvalue weighted by Crippen LogP contribution is 2.20. The van der Waals surface area contributed by atoms with Crippen LogP contribution in [0, 0.1) is 5.82 Å². The molecule has 0 amide bonds. The van der Waals surface area contributed by atoms with Gasteiger partial charge < -0.3 is 5.11 Å². The fraction of sp³-hybridized carbons (Fsp3) is 0. The second-order valence-corrected chi connectivity index (χ2v) is 3.96. The van der Waals surface area contributed by atoms with Crippen LogP contribution in [0.3, 0.4) is 0 Å². The van der Waals surface area contributed by atoms with Gasteiger partial charge in [-0.2, -0.15) is 0 Å². The van der Waals surface area contributed by atoms with E-state index in [9.17, 15) is 9.18 Å². The maximum atomic E-state index is 13.2. The lowest BCUT2D eigenvalue weighted by atomic mass is 10.1. The summed E-state index contributed by atoms with van der Waals surface area (Å²) in [7, 11) is 0. The van der Waals surface area contributed by atoms with Crippen molar-refractivity contribution in [2.45, 2.75) is 0 Å². The number of carboxylic acids is 1. The van der Waals surface area contributed by atoms with Gasteiger partial charge in [0, 0.05) is 0 Å². The second-order valence-electron chi connectivity index (χ2n) is 3.96. The Bertz CT molecular complexity index is 782. The highest BCUT2D eigenvalue weighted by molar-refractivity contribution is 5.92. The zero-order valence-electron chi connectivity index (χ0n) is 9.62. The standard InChI is InChI=1S/C13H8FN3O2/c14-8-5-6-11(9(7-8)13(18)19)17-12-4-2-1-3-10(12)15-16-17/h1-7H,(H,18,19). The van der Waals surface area contributed by atoms with Crippen molar-refractivity contribution in [2.24, 2.45) is 0 Å². The van der Waals surface area contributed by atoms with Gasteiger partial charge >= 0.3 is 5.97 Å². The minimum Gasteiger partial charge on any atom is -0.478 e. The van der Waals surface area contributed by atoms with E-state index in [-0.39, 0.29) is 11.3 Å². The van der Waals surface area contributed by atoms with Gasteiger partial charge in [-0.3, -0.25) is 0 Å². The van der Waals surface area contributed by atoms with Crippen molar-refractivity contribution < 1.29 is 14.3 Å². The van der Waals surface area contributed by atoms with E-state index < -0.39 is 11.8 Å². The molecule has 6 heteroatoms. The topological polar surface area (TPSA) is 68.0 Å². The number of carbonyl (C=O) groups is 1. The van der Waals surface area contributed by atoms with E-state index in [4.69, 9.17) is 5.11 Å². The van der Waals surface area contributed by atoms with Crippen molar-refractivity contribution in [1.29, 1.82) is 0 Å². The largest absolute Gasteiger partial charge is 0.478 e. The van der Waals surface area contributed by atoms with Gasteiger partial charge in [-0.1, -0.05) is 17.3 Å². The van der Waals surface area contributed by atoms with Crippen molar-refractivity contribution in [1.82, 2.24) is 15.0 Å². The Hall–Kier alpha value is -2.76. The zero-order chi connectivity index (χ0) is 13.4. The molecule has 0 radical (unpaired) electrons. The monoisotopic (exact) mass is 257 g/mol. The molecule has 94 valence electrons. The normalized spacial score (nSPS) is 10.8. The number of benzene rings is 2. The quantitative estimate of drug-likeness (QED) is 0.764. The maximum absolute atomic E-state index is 13.2. The van der Waals surface area contributed by atoms with Crippen LogP contribution in [-0.4, -0.2) is 26.1 Å². The molecular formula is C13H8FN3O2. The van der Waals surface area contributed by atoms with Crippen molar-refractivity contribution in [3.63, 3.8) is 0 Å². The van der Waals surface area contributed by atoms with Gasteiger partial charge in [0.15, 0.2) is 0 Å². The van der Waals surface area contributed by atoms with Gasteiger partial charge in [0.2, 0.25) is 0 Å². The highest BCUT2D eigenvalue weighted by atomic mass is 19.1. The molecule has 1 aromatic heterocycles. The predicted octanol–water partition coefficient (Wildman–Crippen LogP) is 2.26. The van der Waals surface area contributed by atoms with E-state index in [1.54, 1.807) is 18.2 Å². The van der Waals surface area contributed by atoms with Crippen LogP contribution in [0.2, 0.25) is 0 Å². The Morgan fingerprint density at radius 3 is 2.79 bits per heavy atom. The molecule has 3 rings (SSSR count). The smallest absolute Gasteiger partial charge is 0.338 e. The molecular weight excluding hydrogens is 249 g/mol. The van der Waals surface area contributed by atoms with Crippen molar-refractivity contribution >= 4 is 17.0 Å². The summed E-state index contributed by atoms with van der Waals surface area (Å²) in [5.41, 5.74) is 1.43. The Labute approximate surface area is 106 Å². The number of carboxylic acid groups (broad SMARTS) is 1. The molecule has 0 atom stereocenters. The molecule has 1 heterocycles. The van der Waals surface area contributed by atoms with Crippen LogP contribution in [-0.2, 0) is 0 Å². The Balaban J connectivity index is 2.30. The summed E-state index contributed by atoms with van der Waals surface area (Å²) in [4.78, 5) is 11.2. The fourth-order valence-electron chi connectivity index (χ4n) is 1.91. The Morgan fingerprint density at radius 1 is 1.21 bits per heavy atom. The molecule has 0 aliphatic carbocycles. The lowest BCUT2D eigenvalue weighted by molar-refractivity contribution is 0.0696. The van der Waals surface area contributed by atoms with Crippen LogP contribution in [0.1, 0.15) is 10.4 Å². The predicted molar refractivity (Wildman–Crippen MR) is 65.8 cm³/mol. The van der Waals surface area contributed by atoms with E-state index in [2.05, 4.69) is 10.3 Å². The number of hydrogen-bond acceptors (Lipinski definition) is 3. The van der Waals surface area contributed by atoms with E-state index in [0.29, 0.717) is 11.0 Å². The van der Waals surface area contributed by atoms with E-state index in [1.165, 1.54) is 16.8 Å².